The van der Waals surface area contributed by atoms with Crippen molar-refractivity contribution >= 4 is 63.1 Å². The third kappa shape index (κ3) is 9.49. The van der Waals surface area contributed by atoms with Crippen LogP contribution in [0.1, 0.15) is 0 Å². The average Bonchev–Trinajstić information content (AvgIpc) is 2.11. The Balaban J connectivity index is 0. The maximum atomic E-state index is 10.3. The van der Waals surface area contributed by atoms with Gasteiger partial charge in [-0.05, 0) is 0 Å². The van der Waals surface area contributed by atoms with Crippen LogP contribution in [0.4, 0.5) is 0 Å². The van der Waals surface area contributed by atoms with Crippen molar-refractivity contribution in [2.24, 2.45) is 11.5 Å². The molecule has 0 saturated heterocycles. The zero-order chi connectivity index (χ0) is 11.1. The van der Waals surface area contributed by atoms with Crippen molar-refractivity contribution in [3.05, 3.63) is 0 Å². The Kier molecular flexibility index (Phi) is 11.7. The second-order valence-corrected chi connectivity index (χ2v) is 5.01. The second-order valence-electron chi connectivity index (χ2n) is 2.46. The molecule has 0 aromatic carbocycles. The predicted octanol–water partition coefficient (Wildman–Crippen LogP) is -1.19. The molecule has 9 heteroatoms. The number of carbonyl (C=O) groups is 2. The van der Waals surface area contributed by atoms with Crippen LogP contribution in [0.15, 0.2) is 0 Å². The Morgan fingerprint density at radius 1 is 1.00 bits per heavy atom. The fourth-order valence-electron chi connectivity index (χ4n) is 0.385. The first-order chi connectivity index (χ1) is 6.45. The predicted molar refractivity (Wildman–Crippen MR) is 61.9 cm³/mol. The van der Waals surface area contributed by atoms with E-state index in [0.717, 1.165) is 0 Å². The van der Waals surface area contributed by atoms with Crippen LogP contribution in [0.2, 0.25) is 0 Å². The normalized spacial score (nSPS) is 13.7. The van der Waals surface area contributed by atoms with E-state index in [9.17, 15) is 9.59 Å². The zero-order valence-electron chi connectivity index (χ0n) is 8.25. The summed E-state index contributed by atoms with van der Waals surface area (Å²) in [7, 11) is 2.41. The van der Waals surface area contributed by atoms with Gasteiger partial charge in [0.25, 0.3) is 0 Å². The summed E-state index contributed by atoms with van der Waals surface area (Å²) in [4.78, 5) is 20.5. The summed E-state index contributed by atoms with van der Waals surface area (Å²) in [5.41, 5.74) is 10.4. The molecule has 2 unspecified atom stereocenters. The first-order valence-corrected chi connectivity index (χ1v) is 6.15. The summed E-state index contributed by atoms with van der Waals surface area (Å²) in [6.45, 7) is 0. The van der Waals surface area contributed by atoms with Gasteiger partial charge in [-0.3, -0.25) is 9.59 Å². The van der Waals surface area contributed by atoms with Gasteiger partial charge in [-0.25, -0.2) is 0 Å². The molecule has 6 N–H and O–H groups in total. The van der Waals surface area contributed by atoms with Crippen LogP contribution in [0, 0.1) is 0 Å². The van der Waals surface area contributed by atoms with Gasteiger partial charge in [-0.1, -0.05) is 21.6 Å². The molecule has 0 heterocycles. The van der Waals surface area contributed by atoms with Crippen LogP contribution in [0.5, 0.6) is 0 Å². The van der Waals surface area contributed by atoms with Gasteiger partial charge in [-0.15, -0.1) is 0 Å². The number of aliphatic carboxylic acids is 2. The molecule has 0 aliphatic heterocycles. The van der Waals surface area contributed by atoms with Crippen molar-refractivity contribution in [3.8, 4) is 0 Å². The van der Waals surface area contributed by atoms with Crippen molar-refractivity contribution in [2.45, 2.75) is 12.1 Å². The fraction of sp³-hybridized carbons (Fsp3) is 0.667. The van der Waals surface area contributed by atoms with Gasteiger partial charge in [0.15, 0.2) is 0 Å². The van der Waals surface area contributed by atoms with E-state index in [1.807, 2.05) is 0 Å². The van der Waals surface area contributed by atoms with Gasteiger partial charge >= 0.3 is 11.9 Å². The van der Waals surface area contributed by atoms with Crippen LogP contribution in [-0.2, 0) is 9.59 Å². The molecule has 0 aliphatic carbocycles. The van der Waals surface area contributed by atoms with Crippen molar-refractivity contribution in [3.63, 3.8) is 0 Å². The van der Waals surface area contributed by atoms with Crippen LogP contribution in [0.25, 0.3) is 0 Å². The molecule has 0 aromatic rings. The molecule has 0 bridgehead atoms. The first-order valence-electron chi connectivity index (χ1n) is 3.66. The van der Waals surface area contributed by atoms with Crippen molar-refractivity contribution in [1.82, 2.24) is 0 Å². The van der Waals surface area contributed by atoms with Gasteiger partial charge in [0.05, 0.1) is 0 Å². The molecule has 83 valence electrons. The number of hydrogen-bond acceptors (Lipinski definition) is 6. The third-order valence-electron chi connectivity index (χ3n) is 1.21. The van der Waals surface area contributed by atoms with Crippen LogP contribution in [0.3, 0.4) is 0 Å². The molecule has 15 heavy (non-hydrogen) atoms. The number of hydrogen-bond donors (Lipinski definition) is 4. The van der Waals surface area contributed by atoms with E-state index in [1.54, 1.807) is 0 Å². The Morgan fingerprint density at radius 3 is 1.47 bits per heavy atom. The van der Waals surface area contributed by atoms with E-state index >= 15 is 0 Å². The minimum absolute atomic E-state index is 0. The summed E-state index contributed by atoms with van der Waals surface area (Å²) in [5.74, 6) is -1.68. The van der Waals surface area contributed by atoms with E-state index < -0.39 is 24.0 Å². The molecule has 0 aromatic heterocycles. The summed E-state index contributed by atoms with van der Waals surface area (Å²) in [5, 5.41) is 16.8. The maximum absolute atomic E-state index is 10.3. The van der Waals surface area contributed by atoms with Gasteiger partial charge in [-0.2, -0.15) is 0 Å². The molecule has 0 amide bonds. The standard InChI is InChI=1S/C6H12N2O4S2.Na/c7-3(5(9)10)1-13-14-2-4(8)6(11)12;/h3-4H,1-2,7-8H2,(H,9,10)(H,11,12);. The van der Waals surface area contributed by atoms with E-state index in [1.165, 1.54) is 21.6 Å². The van der Waals surface area contributed by atoms with Crippen molar-refractivity contribution < 1.29 is 19.8 Å². The number of carboxylic acids is 2. The SMILES string of the molecule is NC(CSSCC(N)C(=O)O)C(=O)O.[Na]. The van der Waals surface area contributed by atoms with Gasteiger partial charge in [0.1, 0.15) is 12.1 Å². The second kappa shape index (κ2) is 9.76. The molecule has 0 fully saturated rings. The summed E-state index contributed by atoms with van der Waals surface area (Å²) < 4.78 is 0. The van der Waals surface area contributed by atoms with Crippen molar-refractivity contribution in [1.29, 1.82) is 0 Å². The molecular weight excluding hydrogens is 251 g/mol. The molecular formula is C6H12N2NaO4S2. The largest absolute Gasteiger partial charge is 0.480 e. The maximum Gasteiger partial charge on any atom is 0.321 e. The number of rotatable bonds is 7. The van der Waals surface area contributed by atoms with E-state index in [2.05, 4.69) is 0 Å². The van der Waals surface area contributed by atoms with Gasteiger partial charge in [0.2, 0.25) is 0 Å². The average molecular weight is 263 g/mol. The summed E-state index contributed by atoms with van der Waals surface area (Å²) >= 11 is 0. The molecule has 0 saturated carbocycles. The summed E-state index contributed by atoms with van der Waals surface area (Å²) in [6, 6.07) is -1.85. The van der Waals surface area contributed by atoms with Gasteiger partial charge < -0.3 is 21.7 Å². The fourth-order valence-corrected chi connectivity index (χ4v) is 2.61. The molecule has 0 aliphatic rings. The van der Waals surface area contributed by atoms with Crippen molar-refractivity contribution in [2.75, 3.05) is 11.5 Å². The third-order valence-corrected chi connectivity index (χ3v) is 3.69. The number of carboxylic acid groups (broad SMARTS) is 2. The Hall–Kier alpha value is 0.560. The Bertz CT molecular complexity index is 197. The Labute approximate surface area is 117 Å². The van der Waals surface area contributed by atoms with E-state index in [0.29, 0.717) is 0 Å². The number of nitrogens with two attached hydrogens (primary N) is 2. The molecule has 2 atom stereocenters. The van der Waals surface area contributed by atoms with Crippen LogP contribution < -0.4 is 11.5 Å². The molecule has 6 nitrogen and oxygen atoms in total. The summed E-state index contributed by atoms with van der Waals surface area (Å²) in [6.07, 6.45) is 0. The quantitative estimate of drug-likeness (QED) is 0.256. The topological polar surface area (TPSA) is 127 Å². The molecule has 0 spiro atoms. The van der Waals surface area contributed by atoms with Crippen LogP contribution in [-0.4, -0.2) is 75.3 Å². The molecule has 1 radical (unpaired) electrons. The minimum Gasteiger partial charge on any atom is -0.480 e. The first kappa shape index (κ1) is 17.9. The molecule has 0 rings (SSSR count). The van der Waals surface area contributed by atoms with E-state index in [4.69, 9.17) is 21.7 Å². The monoisotopic (exact) mass is 263 g/mol. The van der Waals surface area contributed by atoms with E-state index in [-0.39, 0.29) is 41.1 Å². The Morgan fingerprint density at radius 2 is 1.27 bits per heavy atom. The smallest absolute Gasteiger partial charge is 0.321 e. The van der Waals surface area contributed by atoms with Crippen LogP contribution >= 0.6 is 21.6 Å². The minimum atomic E-state index is -1.07. The van der Waals surface area contributed by atoms with Gasteiger partial charge in [0, 0.05) is 41.1 Å². The zero-order valence-corrected chi connectivity index (χ0v) is 11.9.